The molecule has 2 N–H and O–H groups in total. The maximum atomic E-state index is 12.1. The van der Waals surface area contributed by atoms with Crippen LogP contribution >= 0.6 is 23.2 Å². The van der Waals surface area contributed by atoms with E-state index in [1.54, 1.807) is 23.1 Å². The maximum Gasteiger partial charge on any atom is 0.224 e. The van der Waals surface area contributed by atoms with Crippen LogP contribution in [0.1, 0.15) is 29.5 Å². The summed E-state index contributed by atoms with van der Waals surface area (Å²) in [6.45, 7) is 4.19. The number of benzene rings is 2. The highest BCUT2D eigenvalue weighted by molar-refractivity contribution is 6.35. The van der Waals surface area contributed by atoms with Crippen LogP contribution in [0.15, 0.2) is 42.5 Å². The highest BCUT2D eigenvalue weighted by Gasteiger charge is 2.15. The molecule has 25 heavy (non-hydrogen) atoms. The Kier molecular flexibility index (Phi) is 6.35. The first kappa shape index (κ1) is 18.2. The summed E-state index contributed by atoms with van der Waals surface area (Å²) in [6, 6.07) is 13.7. The fourth-order valence-electron chi connectivity index (χ4n) is 3.22. The van der Waals surface area contributed by atoms with Gasteiger partial charge in [-0.2, -0.15) is 0 Å². The summed E-state index contributed by atoms with van der Waals surface area (Å²) in [6.07, 6.45) is 2.95. The normalized spacial score (nSPS) is 14.6. The smallest absolute Gasteiger partial charge is 0.224 e. The standard InChI is InChI=1S/C20H22Cl2N2O/c21-18-8-7-17(19(22)12-18)11-20(25)23-13-15-3-5-16(6-4-15)14-24-9-1-2-10-24/h3-8,12H,1-2,9-11,13-14H2,(H,23,25)/p+1. The minimum Gasteiger partial charge on any atom is -0.352 e. The second-order valence-electron chi connectivity index (χ2n) is 6.64. The summed E-state index contributed by atoms with van der Waals surface area (Å²) in [7, 11) is 0. The fourth-order valence-corrected chi connectivity index (χ4v) is 3.69. The monoisotopic (exact) mass is 377 g/mol. The molecule has 0 aromatic heterocycles. The lowest BCUT2D eigenvalue weighted by molar-refractivity contribution is -0.901. The predicted molar refractivity (Wildman–Crippen MR) is 102 cm³/mol. The Hall–Kier alpha value is -1.55. The van der Waals surface area contributed by atoms with Gasteiger partial charge in [0, 0.05) is 35.0 Å². The average molecular weight is 378 g/mol. The Morgan fingerprint density at radius 1 is 1.00 bits per heavy atom. The van der Waals surface area contributed by atoms with Gasteiger partial charge in [0.05, 0.1) is 19.5 Å². The molecular formula is C20H23Cl2N2O+. The molecule has 2 aromatic carbocycles. The number of halogens is 2. The summed E-state index contributed by atoms with van der Waals surface area (Å²) in [4.78, 5) is 13.8. The highest BCUT2D eigenvalue weighted by atomic mass is 35.5. The van der Waals surface area contributed by atoms with Crippen LogP contribution in [0.3, 0.4) is 0 Å². The molecule has 1 aliphatic heterocycles. The maximum absolute atomic E-state index is 12.1. The van der Waals surface area contributed by atoms with Crippen LogP contribution in [0, 0.1) is 0 Å². The van der Waals surface area contributed by atoms with Crippen molar-refractivity contribution in [3.63, 3.8) is 0 Å². The first-order valence-corrected chi connectivity index (χ1v) is 9.48. The lowest BCUT2D eigenvalue weighted by Crippen LogP contribution is -3.08. The summed E-state index contributed by atoms with van der Waals surface area (Å²) in [5.41, 5.74) is 3.25. The number of hydrogen-bond acceptors (Lipinski definition) is 1. The average Bonchev–Trinajstić information content (AvgIpc) is 3.10. The fraction of sp³-hybridized carbons (Fsp3) is 0.350. The van der Waals surface area contributed by atoms with E-state index in [1.807, 2.05) is 0 Å². The van der Waals surface area contributed by atoms with Gasteiger partial charge in [-0.15, -0.1) is 0 Å². The number of carbonyl (C=O) groups is 1. The zero-order valence-corrected chi connectivity index (χ0v) is 15.7. The van der Waals surface area contributed by atoms with E-state index in [-0.39, 0.29) is 12.3 Å². The van der Waals surface area contributed by atoms with Crippen LogP contribution in [0.4, 0.5) is 0 Å². The lowest BCUT2D eigenvalue weighted by atomic mass is 10.1. The second kappa shape index (κ2) is 8.70. The van der Waals surface area contributed by atoms with E-state index >= 15 is 0 Å². The minimum absolute atomic E-state index is 0.0465. The number of nitrogens with one attached hydrogen (secondary N) is 2. The first-order valence-electron chi connectivity index (χ1n) is 8.72. The molecule has 0 atom stereocenters. The third-order valence-electron chi connectivity index (χ3n) is 4.64. The van der Waals surface area contributed by atoms with Crippen molar-refractivity contribution in [3.05, 3.63) is 69.2 Å². The van der Waals surface area contributed by atoms with Gasteiger partial charge in [0.1, 0.15) is 6.54 Å². The Morgan fingerprint density at radius 2 is 1.68 bits per heavy atom. The second-order valence-corrected chi connectivity index (χ2v) is 7.48. The largest absolute Gasteiger partial charge is 0.352 e. The number of quaternary nitrogens is 1. The third-order valence-corrected chi connectivity index (χ3v) is 5.23. The van der Waals surface area contributed by atoms with E-state index in [0.717, 1.165) is 17.7 Å². The van der Waals surface area contributed by atoms with Crippen molar-refractivity contribution in [2.24, 2.45) is 0 Å². The minimum atomic E-state index is -0.0465. The number of amides is 1. The van der Waals surface area contributed by atoms with Crippen molar-refractivity contribution in [1.29, 1.82) is 0 Å². The molecule has 3 nitrogen and oxygen atoms in total. The van der Waals surface area contributed by atoms with Gasteiger partial charge in [-0.3, -0.25) is 4.79 Å². The summed E-state index contributed by atoms with van der Waals surface area (Å²) in [5, 5.41) is 4.04. The third kappa shape index (κ3) is 5.46. The van der Waals surface area contributed by atoms with Crippen LogP contribution in [-0.2, 0) is 24.3 Å². The predicted octanol–water partition coefficient (Wildman–Crippen LogP) is 3.03. The van der Waals surface area contributed by atoms with E-state index in [9.17, 15) is 4.79 Å². The molecule has 0 saturated carbocycles. The molecular weight excluding hydrogens is 355 g/mol. The molecule has 0 radical (unpaired) electrons. The number of rotatable bonds is 6. The molecule has 0 unspecified atom stereocenters. The molecule has 2 aromatic rings. The van der Waals surface area contributed by atoms with Gasteiger partial charge in [0.15, 0.2) is 0 Å². The lowest BCUT2D eigenvalue weighted by Gasteiger charge is -2.12. The molecule has 5 heteroatoms. The molecule has 0 spiro atoms. The molecule has 1 amide bonds. The molecule has 3 rings (SSSR count). The molecule has 1 saturated heterocycles. The molecule has 132 valence electrons. The van der Waals surface area contributed by atoms with Gasteiger partial charge in [-0.25, -0.2) is 0 Å². The van der Waals surface area contributed by atoms with E-state index in [4.69, 9.17) is 23.2 Å². The van der Waals surface area contributed by atoms with Crippen LogP contribution in [0.2, 0.25) is 10.0 Å². The summed E-state index contributed by atoms with van der Waals surface area (Å²) in [5.74, 6) is -0.0465. The van der Waals surface area contributed by atoms with Crippen molar-refractivity contribution in [3.8, 4) is 0 Å². The first-order chi connectivity index (χ1) is 12.1. The van der Waals surface area contributed by atoms with Gasteiger partial charge in [0.25, 0.3) is 0 Å². The zero-order valence-electron chi connectivity index (χ0n) is 14.2. The molecule has 1 fully saturated rings. The van der Waals surface area contributed by atoms with Gasteiger partial charge in [-0.1, -0.05) is 53.5 Å². The number of hydrogen-bond donors (Lipinski definition) is 2. The summed E-state index contributed by atoms with van der Waals surface area (Å²) >= 11 is 12.0. The van der Waals surface area contributed by atoms with Crippen molar-refractivity contribution >= 4 is 29.1 Å². The number of likely N-dealkylation sites (tertiary alicyclic amines) is 1. The molecule has 1 aliphatic rings. The quantitative estimate of drug-likeness (QED) is 0.796. The molecule has 1 heterocycles. The van der Waals surface area contributed by atoms with E-state index in [2.05, 4.69) is 29.6 Å². The Bertz CT molecular complexity index is 725. The Labute approximate surface area is 158 Å². The van der Waals surface area contributed by atoms with Gasteiger partial charge in [-0.05, 0) is 23.3 Å². The van der Waals surface area contributed by atoms with Crippen molar-refractivity contribution in [2.75, 3.05) is 13.1 Å². The molecule has 0 bridgehead atoms. The van der Waals surface area contributed by atoms with Gasteiger partial charge in [0.2, 0.25) is 5.91 Å². The Balaban J connectivity index is 1.48. The highest BCUT2D eigenvalue weighted by Crippen LogP contribution is 2.21. The van der Waals surface area contributed by atoms with Crippen LogP contribution in [0.5, 0.6) is 0 Å². The van der Waals surface area contributed by atoms with Gasteiger partial charge < -0.3 is 10.2 Å². The number of carbonyl (C=O) groups excluding carboxylic acids is 1. The van der Waals surface area contributed by atoms with Gasteiger partial charge >= 0.3 is 0 Å². The van der Waals surface area contributed by atoms with Crippen LogP contribution in [0.25, 0.3) is 0 Å². The van der Waals surface area contributed by atoms with Crippen molar-refractivity contribution < 1.29 is 9.69 Å². The van der Waals surface area contributed by atoms with Crippen LogP contribution in [-0.4, -0.2) is 19.0 Å². The van der Waals surface area contributed by atoms with Crippen molar-refractivity contribution in [2.45, 2.75) is 32.4 Å². The summed E-state index contributed by atoms with van der Waals surface area (Å²) < 4.78 is 0. The van der Waals surface area contributed by atoms with Crippen molar-refractivity contribution in [1.82, 2.24) is 5.32 Å². The SMILES string of the molecule is O=C(Cc1ccc(Cl)cc1Cl)NCc1ccc(C[NH+]2CCCC2)cc1. The molecule has 0 aliphatic carbocycles. The van der Waals surface area contributed by atoms with E-state index < -0.39 is 0 Å². The Morgan fingerprint density at radius 3 is 2.36 bits per heavy atom. The van der Waals surface area contributed by atoms with Crippen LogP contribution < -0.4 is 10.2 Å². The van der Waals surface area contributed by atoms with E-state index in [0.29, 0.717) is 16.6 Å². The van der Waals surface area contributed by atoms with E-state index in [1.165, 1.54) is 31.5 Å². The zero-order chi connectivity index (χ0) is 17.6. The topological polar surface area (TPSA) is 33.5 Å².